The van der Waals surface area contributed by atoms with Gasteiger partial charge in [-0.15, -0.1) is 11.8 Å². The third kappa shape index (κ3) is 6.19. The molecule has 1 N–H and O–H groups in total. The lowest BCUT2D eigenvalue weighted by molar-refractivity contribution is 0.636. The second-order valence-electron chi connectivity index (χ2n) is 4.12. The predicted molar refractivity (Wildman–Crippen MR) is 74.3 cm³/mol. The summed E-state index contributed by atoms with van der Waals surface area (Å²) >= 11 is 1.94. The summed E-state index contributed by atoms with van der Waals surface area (Å²) in [6.07, 6.45) is 3.96. The molecule has 0 bridgehead atoms. The van der Waals surface area contributed by atoms with Gasteiger partial charge in [0.25, 0.3) is 0 Å². The van der Waals surface area contributed by atoms with Crippen LogP contribution < -0.4 is 5.32 Å². The lowest BCUT2D eigenvalue weighted by Crippen LogP contribution is -2.18. The fraction of sp³-hybridized carbons (Fsp3) is 0.571. The Bertz CT molecular complexity index is 286. The average Bonchev–Trinajstić information content (AvgIpc) is 2.28. The summed E-state index contributed by atoms with van der Waals surface area (Å²) in [5, 5.41) is 3.48. The Hall–Kier alpha value is -0.470. The molecule has 0 amide bonds. The molecule has 0 unspecified atom stereocenters. The Labute approximate surface area is 104 Å². The van der Waals surface area contributed by atoms with Gasteiger partial charge >= 0.3 is 0 Å². The molecule has 0 aliphatic carbocycles. The van der Waals surface area contributed by atoms with Crippen LogP contribution in [0.1, 0.15) is 31.7 Å². The van der Waals surface area contributed by atoms with Gasteiger partial charge in [0.2, 0.25) is 0 Å². The summed E-state index contributed by atoms with van der Waals surface area (Å²) in [6, 6.07) is 8.72. The summed E-state index contributed by atoms with van der Waals surface area (Å²) in [7, 11) is 0. The number of hydrogen-bond donors (Lipinski definition) is 1. The summed E-state index contributed by atoms with van der Waals surface area (Å²) in [6.45, 7) is 6.67. The first-order valence-electron chi connectivity index (χ1n) is 6.23. The SMILES string of the molecule is CCCCCNCCSc1cccc(C)c1. The van der Waals surface area contributed by atoms with E-state index in [-0.39, 0.29) is 0 Å². The molecule has 1 nitrogen and oxygen atoms in total. The minimum Gasteiger partial charge on any atom is -0.316 e. The van der Waals surface area contributed by atoms with Crippen molar-refractivity contribution in [3.63, 3.8) is 0 Å². The molecule has 0 saturated heterocycles. The van der Waals surface area contributed by atoms with E-state index in [9.17, 15) is 0 Å². The molecule has 1 aromatic carbocycles. The zero-order valence-electron chi connectivity index (χ0n) is 10.5. The molecule has 0 fully saturated rings. The third-order valence-corrected chi connectivity index (χ3v) is 3.49. The minimum atomic E-state index is 1.11. The normalized spacial score (nSPS) is 10.6. The number of hydrogen-bond acceptors (Lipinski definition) is 2. The first kappa shape index (κ1) is 13.6. The van der Waals surface area contributed by atoms with Crippen LogP contribution in [-0.2, 0) is 0 Å². The van der Waals surface area contributed by atoms with E-state index in [1.807, 2.05) is 11.8 Å². The van der Waals surface area contributed by atoms with Gasteiger partial charge in [-0.1, -0.05) is 37.5 Å². The Morgan fingerprint density at radius 1 is 1.19 bits per heavy atom. The van der Waals surface area contributed by atoms with E-state index < -0.39 is 0 Å². The third-order valence-electron chi connectivity index (χ3n) is 2.49. The van der Waals surface area contributed by atoms with Gasteiger partial charge in [-0.05, 0) is 32.0 Å². The van der Waals surface area contributed by atoms with E-state index >= 15 is 0 Å². The molecule has 0 saturated carbocycles. The van der Waals surface area contributed by atoms with Gasteiger partial charge in [-0.25, -0.2) is 0 Å². The molecule has 0 radical (unpaired) electrons. The second-order valence-corrected chi connectivity index (χ2v) is 5.29. The first-order chi connectivity index (χ1) is 7.83. The zero-order valence-corrected chi connectivity index (χ0v) is 11.3. The van der Waals surface area contributed by atoms with Gasteiger partial charge < -0.3 is 5.32 Å². The van der Waals surface area contributed by atoms with E-state index in [1.165, 1.54) is 36.3 Å². The molecule has 90 valence electrons. The van der Waals surface area contributed by atoms with Crippen molar-refractivity contribution in [2.45, 2.75) is 38.0 Å². The van der Waals surface area contributed by atoms with Crippen LogP contribution in [0.5, 0.6) is 0 Å². The summed E-state index contributed by atoms with van der Waals surface area (Å²) < 4.78 is 0. The molecule has 0 atom stereocenters. The molecular weight excluding hydrogens is 214 g/mol. The number of aryl methyl sites for hydroxylation is 1. The van der Waals surface area contributed by atoms with E-state index in [0.29, 0.717) is 0 Å². The Morgan fingerprint density at radius 2 is 2.06 bits per heavy atom. The van der Waals surface area contributed by atoms with Crippen molar-refractivity contribution in [2.75, 3.05) is 18.8 Å². The maximum atomic E-state index is 3.48. The monoisotopic (exact) mass is 237 g/mol. The number of rotatable bonds is 8. The predicted octanol–water partition coefficient (Wildman–Crippen LogP) is 3.87. The number of thioether (sulfide) groups is 1. The standard InChI is InChI=1S/C14H23NS/c1-3-4-5-9-15-10-11-16-14-8-6-7-13(2)12-14/h6-8,12,15H,3-5,9-11H2,1-2H3. The molecule has 2 heteroatoms. The Kier molecular flexibility index (Phi) is 7.35. The van der Waals surface area contributed by atoms with E-state index in [1.54, 1.807) is 0 Å². The fourth-order valence-electron chi connectivity index (χ4n) is 1.57. The van der Waals surface area contributed by atoms with Crippen molar-refractivity contribution in [1.82, 2.24) is 5.32 Å². The molecule has 16 heavy (non-hydrogen) atoms. The quantitative estimate of drug-likeness (QED) is 0.544. The van der Waals surface area contributed by atoms with Crippen molar-refractivity contribution < 1.29 is 0 Å². The van der Waals surface area contributed by atoms with Crippen molar-refractivity contribution in [3.8, 4) is 0 Å². The average molecular weight is 237 g/mol. The van der Waals surface area contributed by atoms with Crippen molar-refractivity contribution >= 4 is 11.8 Å². The molecule has 0 aliphatic heterocycles. The molecule has 0 aromatic heterocycles. The van der Waals surface area contributed by atoms with Crippen LogP contribution in [0.4, 0.5) is 0 Å². The van der Waals surface area contributed by atoms with Crippen molar-refractivity contribution in [1.29, 1.82) is 0 Å². The number of benzene rings is 1. The highest BCUT2D eigenvalue weighted by Gasteiger charge is 1.94. The van der Waals surface area contributed by atoms with E-state index in [2.05, 4.69) is 43.4 Å². The van der Waals surface area contributed by atoms with Crippen LogP contribution >= 0.6 is 11.8 Å². The summed E-state index contributed by atoms with van der Waals surface area (Å²) in [5.41, 5.74) is 1.35. The van der Waals surface area contributed by atoms with E-state index in [0.717, 1.165) is 12.3 Å². The van der Waals surface area contributed by atoms with E-state index in [4.69, 9.17) is 0 Å². The smallest absolute Gasteiger partial charge is 0.0106 e. The van der Waals surface area contributed by atoms with Gasteiger partial charge in [0, 0.05) is 17.2 Å². The van der Waals surface area contributed by atoms with Gasteiger partial charge in [-0.2, -0.15) is 0 Å². The molecule has 0 heterocycles. The lowest BCUT2D eigenvalue weighted by Gasteiger charge is -2.04. The topological polar surface area (TPSA) is 12.0 Å². The van der Waals surface area contributed by atoms with Crippen molar-refractivity contribution in [2.24, 2.45) is 0 Å². The zero-order chi connectivity index (χ0) is 11.6. The van der Waals surface area contributed by atoms with Gasteiger partial charge in [0.05, 0.1) is 0 Å². The number of nitrogens with one attached hydrogen (secondary N) is 1. The molecule has 0 aliphatic rings. The molecule has 1 rings (SSSR count). The Morgan fingerprint density at radius 3 is 2.81 bits per heavy atom. The maximum Gasteiger partial charge on any atom is 0.0106 e. The van der Waals surface area contributed by atoms with Gasteiger partial charge in [0.1, 0.15) is 0 Å². The number of unbranched alkanes of at least 4 members (excludes halogenated alkanes) is 2. The van der Waals surface area contributed by atoms with Crippen LogP contribution in [0.2, 0.25) is 0 Å². The van der Waals surface area contributed by atoms with Crippen LogP contribution in [0.15, 0.2) is 29.2 Å². The molecule has 1 aromatic rings. The van der Waals surface area contributed by atoms with Crippen LogP contribution in [0.3, 0.4) is 0 Å². The largest absolute Gasteiger partial charge is 0.316 e. The summed E-state index contributed by atoms with van der Waals surface area (Å²) in [5.74, 6) is 1.16. The molecule has 0 spiro atoms. The Balaban J connectivity index is 2.03. The summed E-state index contributed by atoms with van der Waals surface area (Å²) in [4.78, 5) is 1.38. The van der Waals surface area contributed by atoms with Crippen LogP contribution in [-0.4, -0.2) is 18.8 Å². The first-order valence-corrected chi connectivity index (χ1v) is 7.21. The highest BCUT2D eigenvalue weighted by atomic mass is 32.2. The lowest BCUT2D eigenvalue weighted by atomic mass is 10.2. The second kappa shape index (κ2) is 8.66. The van der Waals surface area contributed by atoms with Gasteiger partial charge in [0.15, 0.2) is 0 Å². The van der Waals surface area contributed by atoms with Crippen LogP contribution in [0, 0.1) is 6.92 Å². The minimum absolute atomic E-state index is 1.11. The highest BCUT2D eigenvalue weighted by molar-refractivity contribution is 7.99. The molecular formula is C14H23NS. The van der Waals surface area contributed by atoms with Crippen molar-refractivity contribution in [3.05, 3.63) is 29.8 Å². The highest BCUT2D eigenvalue weighted by Crippen LogP contribution is 2.17. The maximum absolute atomic E-state index is 3.48. The fourth-order valence-corrected chi connectivity index (χ4v) is 2.50. The van der Waals surface area contributed by atoms with Crippen LogP contribution in [0.25, 0.3) is 0 Å². The van der Waals surface area contributed by atoms with Gasteiger partial charge in [-0.3, -0.25) is 0 Å².